The quantitative estimate of drug-likeness (QED) is 0.135. The summed E-state index contributed by atoms with van der Waals surface area (Å²) in [6, 6.07) is -1.79. The number of aliphatic hydroxyl groups is 1. The molecule has 0 aromatic carbocycles. The molecule has 12 heteroatoms. The van der Waals surface area contributed by atoms with Crippen LogP contribution in [0, 0.1) is 17.8 Å². The van der Waals surface area contributed by atoms with E-state index in [0.717, 1.165) is 12.8 Å². The van der Waals surface area contributed by atoms with Crippen LogP contribution in [0.2, 0.25) is 0 Å². The Morgan fingerprint density at radius 3 is 2.21 bits per heavy atom. The number of methoxy groups -OCH3 is 2. The number of nitrogens with one attached hydrogen (secondary N) is 3. The summed E-state index contributed by atoms with van der Waals surface area (Å²) >= 11 is 0. The average Bonchev–Trinajstić information content (AvgIpc) is 3.55. The zero-order chi connectivity index (χ0) is 36.7. The Balaban J connectivity index is 3.09. The number of aliphatic hydroxyl groups excluding tert-OH is 1. The average molecular weight is 678 g/mol. The Labute approximate surface area is 288 Å². The Bertz CT molecular complexity index is 1110. The second-order valence-electron chi connectivity index (χ2n) is 13.2. The van der Waals surface area contributed by atoms with E-state index in [0.29, 0.717) is 18.5 Å². The molecule has 0 spiro atoms. The van der Waals surface area contributed by atoms with Gasteiger partial charge in [-0.25, -0.2) is 0 Å². The predicted octanol–water partition coefficient (Wildman–Crippen LogP) is 2.43. The molecular weight excluding hydrogens is 614 g/mol. The van der Waals surface area contributed by atoms with Gasteiger partial charge in [-0.3, -0.25) is 19.2 Å². The largest absolute Gasteiger partial charge is 0.386 e. The van der Waals surface area contributed by atoms with Crippen LogP contribution in [0.4, 0.5) is 0 Å². The Hall–Kier alpha value is -3.06. The van der Waals surface area contributed by atoms with Gasteiger partial charge in [-0.05, 0) is 44.2 Å². The number of hydrogen-bond donors (Lipinski definition) is 4. The maximum absolute atomic E-state index is 13.9. The van der Waals surface area contributed by atoms with Gasteiger partial charge in [-0.15, -0.1) is 0 Å². The summed E-state index contributed by atoms with van der Waals surface area (Å²) in [4.78, 5) is 56.6. The second kappa shape index (κ2) is 21.1. The highest BCUT2D eigenvalue weighted by molar-refractivity contribution is 5.87. The van der Waals surface area contributed by atoms with E-state index < -0.39 is 42.4 Å². The molecule has 9 unspecified atom stereocenters. The molecule has 12 nitrogen and oxygen atoms in total. The second-order valence-corrected chi connectivity index (χ2v) is 13.2. The number of amides is 4. The van der Waals surface area contributed by atoms with E-state index in [4.69, 9.17) is 9.47 Å². The zero-order valence-electron chi connectivity index (χ0n) is 31.0. The van der Waals surface area contributed by atoms with Gasteiger partial charge >= 0.3 is 0 Å². The van der Waals surface area contributed by atoms with Crippen molar-refractivity contribution >= 4 is 23.6 Å². The molecule has 274 valence electrons. The standard InChI is InChI=1S/C36H63N5O7/c1-13-17-26(15-3)33(44)25(8)39-35(45)24(7)34(48-12)27-18-16-19-41(27)29(42)20-28(47-11)32(23(6)14-2)40(10)30(43)21-38-36(46)31(37-9)22(4)5/h13,15,17,22-25,27-28,31-34,37,44H,1,3,14,16,18-21H2,2,4-12H3,(H,38,46)(H,39,45)/b26-17+. The van der Waals surface area contributed by atoms with Gasteiger partial charge in [0.2, 0.25) is 23.6 Å². The Morgan fingerprint density at radius 2 is 1.71 bits per heavy atom. The first kappa shape index (κ1) is 43.0. The highest BCUT2D eigenvalue weighted by atomic mass is 16.5. The van der Waals surface area contributed by atoms with Crippen molar-refractivity contribution in [3.63, 3.8) is 0 Å². The van der Waals surface area contributed by atoms with Gasteiger partial charge in [-0.2, -0.15) is 0 Å². The van der Waals surface area contributed by atoms with Crippen LogP contribution in [-0.2, 0) is 28.7 Å². The number of likely N-dealkylation sites (tertiary alicyclic amines) is 1. The minimum Gasteiger partial charge on any atom is -0.386 e. The number of rotatable bonds is 21. The number of nitrogens with zero attached hydrogens (tertiary/aromatic N) is 2. The summed E-state index contributed by atoms with van der Waals surface area (Å²) in [5.74, 6) is -1.55. The van der Waals surface area contributed by atoms with E-state index in [1.807, 2.05) is 27.7 Å². The highest BCUT2D eigenvalue weighted by Crippen LogP contribution is 2.29. The van der Waals surface area contributed by atoms with Gasteiger partial charge < -0.3 is 40.3 Å². The van der Waals surface area contributed by atoms with E-state index in [1.54, 1.807) is 49.9 Å². The first-order valence-corrected chi connectivity index (χ1v) is 17.1. The van der Waals surface area contributed by atoms with Crippen LogP contribution in [0.3, 0.4) is 0 Å². The molecule has 0 aromatic rings. The summed E-state index contributed by atoms with van der Waals surface area (Å²) in [5.41, 5.74) is 0.537. The molecule has 4 amide bonds. The maximum atomic E-state index is 13.9. The molecule has 48 heavy (non-hydrogen) atoms. The van der Waals surface area contributed by atoms with Crippen molar-refractivity contribution in [1.82, 2.24) is 25.8 Å². The van der Waals surface area contributed by atoms with Gasteiger partial charge in [0, 0.05) is 27.8 Å². The van der Waals surface area contributed by atoms with Gasteiger partial charge in [0.1, 0.15) is 0 Å². The van der Waals surface area contributed by atoms with Gasteiger partial charge in [0.25, 0.3) is 0 Å². The number of ether oxygens (including phenoxy) is 2. The van der Waals surface area contributed by atoms with Crippen molar-refractivity contribution in [2.24, 2.45) is 17.8 Å². The summed E-state index contributed by atoms with van der Waals surface area (Å²) in [6.45, 7) is 19.1. The number of allylic oxidation sites excluding steroid dienone is 2. The molecule has 1 aliphatic heterocycles. The van der Waals surface area contributed by atoms with Crippen LogP contribution in [0.1, 0.15) is 67.2 Å². The van der Waals surface area contributed by atoms with Crippen molar-refractivity contribution < 1.29 is 33.8 Å². The third-order valence-corrected chi connectivity index (χ3v) is 9.71. The van der Waals surface area contributed by atoms with Crippen molar-refractivity contribution in [3.8, 4) is 0 Å². The molecule has 1 fully saturated rings. The molecule has 0 radical (unpaired) electrons. The molecule has 0 aliphatic carbocycles. The molecule has 1 saturated heterocycles. The number of carbonyl (C=O) groups excluding carboxylic acids is 4. The SMILES string of the molecule is C=C/C=C(\C=C)C(O)C(C)NC(=O)C(C)C(OC)C1CCCN1C(=O)CC(OC)C(C(C)CC)N(C)C(=O)CNC(=O)C(NC)C(C)C. The minimum atomic E-state index is -0.974. The first-order valence-electron chi connectivity index (χ1n) is 17.1. The molecular formula is C36H63N5O7. The van der Waals surface area contributed by atoms with Crippen molar-refractivity contribution in [2.75, 3.05) is 41.4 Å². The fourth-order valence-electron chi connectivity index (χ4n) is 6.64. The monoisotopic (exact) mass is 677 g/mol. The Kier molecular flexibility index (Phi) is 18.9. The van der Waals surface area contributed by atoms with E-state index >= 15 is 0 Å². The van der Waals surface area contributed by atoms with Crippen LogP contribution in [0.25, 0.3) is 0 Å². The molecule has 4 N–H and O–H groups in total. The summed E-state index contributed by atoms with van der Waals surface area (Å²) in [5, 5.41) is 19.3. The van der Waals surface area contributed by atoms with Crippen molar-refractivity contribution in [1.29, 1.82) is 0 Å². The minimum absolute atomic E-state index is 0.00166. The van der Waals surface area contributed by atoms with Crippen LogP contribution in [-0.4, -0.2) is 122 Å². The Morgan fingerprint density at radius 1 is 1.06 bits per heavy atom. The lowest BCUT2D eigenvalue weighted by molar-refractivity contribution is -0.146. The van der Waals surface area contributed by atoms with Crippen molar-refractivity contribution in [2.45, 2.75) is 110 Å². The summed E-state index contributed by atoms with van der Waals surface area (Å²) < 4.78 is 11.7. The van der Waals surface area contributed by atoms with E-state index in [1.165, 1.54) is 20.3 Å². The number of hydrogen-bond acceptors (Lipinski definition) is 8. The maximum Gasteiger partial charge on any atom is 0.242 e. The van der Waals surface area contributed by atoms with E-state index in [9.17, 15) is 24.3 Å². The van der Waals surface area contributed by atoms with Gasteiger partial charge in [0.15, 0.2) is 0 Å². The van der Waals surface area contributed by atoms with E-state index in [2.05, 4.69) is 29.1 Å². The smallest absolute Gasteiger partial charge is 0.242 e. The van der Waals surface area contributed by atoms with Gasteiger partial charge in [-0.1, -0.05) is 72.4 Å². The van der Waals surface area contributed by atoms with Gasteiger partial charge in [0.05, 0.1) is 61.4 Å². The molecule has 0 saturated carbocycles. The van der Waals surface area contributed by atoms with Crippen LogP contribution < -0.4 is 16.0 Å². The number of likely N-dealkylation sites (N-methyl/N-ethyl adjacent to an activating group) is 2. The molecule has 1 heterocycles. The molecule has 0 aromatic heterocycles. The highest BCUT2D eigenvalue weighted by Gasteiger charge is 2.42. The van der Waals surface area contributed by atoms with Crippen molar-refractivity contribution in [3.05, 3.63) is 37.0 Å². The van der Waals surface area contributed by atoms with Crippen LogP contribution in [0.15, 0.2) is 37.0 Å². The van der Waals surface area contributed by atoms with E-state index in [-0.39, 0.29) is 54.5 Å². The fraction of sp³-hybridized carbons (Fsp3) is 0.722. The topological polar surface area (TPSA) is 150 Å². The number of carbonyl (C=O) groups is 4. The lowest BCUT2D eigenvalue weighted by atomic mass is 9.90. The third kappa shape index (κ3) is 11.5. The third-order valence-electron chi connectivity index (χ3n) is 9.71. The fourth-order valence-corrected chi connectivity index (χ4v) is 6.64. The van der Waals surface area contributed by atoms with Crippen LogP contribution in [0.5, 0.6) is 0 Å². The normalized spacial score (nSPS) is 20.1. The lowest BCUT2D eigenvalue weighted by Crippen LogP contribution is -2.55. The van der Waals surface area contributed by atoms with Crippen LogP contribution >= 0.6 is 0 Å². The summed E-state index contributed by atoms with van der Waals surface area (Å²) in [6.07, 6.45) is 4.74. The molecule has 1 aliphatic rings. The predicted molar refractivity (Wildman–Crippen MR) is 189 cm³/mol. The molecule has 9 atom stereocenters. The molecule has 1 rings (SSSR count). The molecule has 0 bridgehead atoms. The lowest BCUT2D eigenvalue weighted by Gasteiger charge is -2.39. The first-order chi connectivity index (χ1) is 22.6. The summed E-state index contributed by atoms with van der Waals surface area (Å²) in [7, 11) is 6.47. The zero-order valence-corrected chi connectivity index (χ0v) is 31.0.